The van der Waals surface area contributed by atoms with Crippen LogP contribution in [0.15, 0.2) is 0 Å². The summed E-state index contributed by atoms with van der Waals surface area (Å²) in [5.41, 5.74) is 0. The van der Waals surface area contributed by atoms with E-state index in [2.05, 4.69) is 20.8 Å². The molecule has 5 nitrogen and oxygen atoms in total. The molecule has 30 heavy (non-hydrogen) atoms. The third kappa shape index (κ3) is 27.6. The van der Waals surface area contributed by atoms with Crippen LogP contribution in [0.2, 0.25) is 0 Å². The van der Waals surface area contributed by atoms with Crippen LogP contribution in [0, 0.1) is 10.1 Å². The van der Waals surface area contributed by atoms with Gasteiger partial charge < -0.3 is 5.21 Å². The fourth-order valence-electron chi connectivity index (χ4n) is 4.08. The van der Waals surface area contributed by atoms with Gasteiger partial charge in [-0.05, 0) is 0 Å². The van der Waals surface area contributed by atoms with Crippen molar-refractivity contribution in [2.24, 2.45) is 0 Å². The third-order valence-electron chi connectivity index (χ3n) is 5.99. The van der Waals surface area contributed by atoms with Gasteiger partial charge in [-0.2, -0.15) is 0 Å². The van der Waals surface area contributed by atoms with Crippen LogP contribution >= 0.6 is 7.49 Å². The molecule has 6 heteroatoms. The second-order valence-corrected chi connectivity index (χ2v) is 13.0. The molecule has 2 N–H and O–H groups in total. The molecule has 0 rings (SSSR count). The van der Waals surface area contributed by atoms with Gasteiger partial charge in [-0.25, -0.2) is 0 Å². The van der Waals surface area contributed by atoms with E-state index in [1.807, 2.05) is 0 Å². The second kappa shape index (κ2) is 24.9. The maximum atomic E-state index is 11.4. The van der Waals surface area contributed by atoms with Crippen LogP contribution in [-0.2, 0) is 0 Å². The molecule has 0 fully saturated rings. The summed E-state index contributed by atoms with van der Waals surface area (Å²) in [6, 6.07) is 0. The first kappa shape index (κ1) is 31.8. The Kier molecular flexibility index (Phi) is 26.3. The van der Waals surface area contributed by atoms with E-state index in [1.54, 1.807) is 0 Å². The Morgan fingerprint density at radius 1 is 0.567 bits per heavy atom. The molecule has 0 aromatic rings. The molecule has 0 radical (unpaired) electrons. The van der Waals surface area contributed by atoms with Gasteiger partial charge in [0.2, 0.25) is 0 Å². The van der Waals surface area contributed by atoms with Crippen molar-refractivity contribution < 1.29 is 15.2 Å². The summed E-state index contributed by atoms with van der Waals surface area (Å²) in [6.07, 6.45) is 27.9. The number of rotatable bonds is 21. The molecular weight excluding hydrogens is 397 g/mol. The third-order valence-corrected chi connectivity index (χ3v) is 9.84. The molecule has 0 aliphatic heterocycles. The average Bonchev–Trinajstić information content (AvgIpc) is 2.70. The SMILES string of the molecule is CCCCCCCC[PH](O)(CCCCCCCC)CCCCCCCC.O=[N+]([O-])O. The van der Waals surface area contributed by atoms with Crippen molar-refractivity contribution in [2.75, 3.05) is 18.5 Å². The quantitative estimate of drug-likeness (QED) is 0.0794. The number of hydrogen-bond acceptors (Lipinski definition) is 3. The van der Waals surface area contributed by atoms with Gasteiger partial charge >= 0.3 is 167 Å². The fourth-order valence-corrected chi connectivity index (χ4v) is 7.55. The minimum atomic E-state index is -1.95. The smallest absolute Gasteiger partial charge is 0.291 e. The first-order chi connectivity index (χ1) is 14.4. The Bertz CT molecular complexity index is 311. The number of unbranched alkanes of at least 4 members (excludes halogenated alkanes) is 15. The molecule has 0 atom stereocenters. The topological polar surface area (TPSA) is 83.6 Å². The monoisotopic (exact) mass is 451 g/mol. The number of hydrogen-bond donors (Lipinski definition) is 2. The van der Waals surface area contributed by atoms with Crippen LogP contribution < -0.4 is 0 Å². The Hall–Kier alpha value is -0.410. The molecule has 0 saturated carbocycles. The van der Waals surface area contributed by atoms with E-state index in [4.69, 9.17) is 15.3 Å². The molecule has 0 saturated heterocycles. The first-order valence-electron chi connectivity index (χ1n) is 13.0. The molecule has 0 heterocycles. The van der Waals surface area contributed by atoms with E-state index >= 15 is 0 Å². The Morgan fingerprint density at radius 2 is 0.767 bits per heavy atom. The Balaban J connectivity index is 0. The van der Waals surface area contributed by atoms with E-state index in [0.717, 1.165) is 0 Å². The molecule has 0 aromatic carbocycles. The Morgan fingerprint density at radius 3 is 1.00 bits per heavy atom. The minimum Gasteiger partial charge on any atom is -0.328 e. The predicted octanol–water partition coefficient (Wildman–Crippen LogP) is 8.38. The van der Waals surface area contributed by atoms with Gasteiger partial charge in [-0.3, -0.25) is 0 Å². The standard InChI is InChI=1S/C24H53OP.HNO3/c1-4-7-10-13-16-19-22-26(25,23-20-17-14-11-8-5-2)24-21-18-15-12-9-6-3;2-1(3)4/h25-26H,4-24H2,1-3H3;(H,2,3,4). The van der Waals surface area contributed by atoms with Gasteiger partial charge in [0.15, 0.2) is 0 Å². The zero-order valence-electron chi connectivity index (χ0n) is 20.5. The molecule has 0 bridgehead atoms. The molecule has 0 spiro atoms. The summed E-state index contributed by atoms with van der Waals surface area (Å²) in [4.78, 5) is 19.7. The van der Waals surface area contributed by atoms with Crippen LogP contribution in [-0.4, -0.2) is 33.7 Å². The van der Waals surface area contributed by atoms with Gasteiger partial charge in [0, 0.05) is 0 Å². The summed E-state index contributed by atoms with van der Waals surface area (Å²) in [5, 5.41) is 13.6. The molecule has 0 aromatic heterocycles. The molecule has 184 valence electrons. The summed E-state index contributed by atoms with van der Waals surface area (Å²) in [6.45, 7) is 6.85. The predicted molar refractivity (Wildman–Crippen MR) is 134 cm³/mol. The van der Waals surface area contributed by atoms with E-state index in [0.29, 0.717) is 0 Å². The van der Waals surface area contributed by atoms with Crippen LogP contribution in [0.25, 0.3) is 0 Å². The zero-order valence-corrected chi connectivity index (χ0v) is 21.5. The normalized spacial score (nSPS) is 11.7. The molecule has 0 aliphatic rings. The maximum absolute atomic E-state index is 11.4. The fraction of sp³-hybridized carbons (Fsp3) is 1.00. The molecule has 0 aliphatic carbocycles. The molecule has 0 unspecified atom stereocenters. The average molecular weight is 452 g/mol. The summed E-state index contributed by atoms with van der Waals surface area (Å²) in [7, 11) is -1.95. The summed E-state index contributed by atoms with van der Waals surface area (Å²) < 4.78 is 0. The van der Waals surface area contributed by atoms with Crippen LogP contribution in [0.5, 0.6) is 0 Å². The number of nitrogens with zero attached hydrogens (tertiary/aromatic N) is 1. The van der Waals surface area contributed by atoms with Crippen molar-refractivity contribution >= 4 is 7.49 Å². The van der Waals surface area contributed by atoms with Crippen molar-refractivity contribution in [1.29, 1.82) is 0 Å². The van der Waals surface area contributed by atoms with Gasteiger partial charge in [-0.15, -0.1) is 10.1 Å². The van der Waals surface area contributed by atoms with Crippen molar-refractivity contribution in [3.63, 3.8) is 0 Å². The van der Waals surface area contributed by atoms with E-state index < -0.39 is 12.6 Å². The largest absolute Gasteiger partial charge is 0.328 e. The van der Waals surface area contributed by atoms with Crippen LogP contribution in [0.4, 0.5) is 0 Å². The van der Waals surface area contributed by atoms with Gasteiger partial charge in [0.25, 0.3) is 5.09 Å². The first-order valence-corrected chi connectivity index (χ1v) is 15.5. The van der Waals surface area contributed by atoms with Gasteiger partial charge in [-0.1, -0.05) is 0 Å². The second-order valence-electron chi connectivity index (χ2n) is 9.02. The summed E-state index contributed by atoms with van der Waals surface area (Å²) >= 11 is 0. The zero-order chi connectivity index (χ0) is 22.9. The minimum absolute atomic E-state index is 1.18. The van der Waals surface area contributed by atoms with E-state index in [1.165, 1.54) is 134 Å². The molecule has 0 amide bonds. The van der Waals surface area contributed by atoms with Crippen molar-refractivity contribution in [2.45, 2.75) is 136 Å². The van der Waals surface area contributed by atoms with Gasteiger partial charge in [0.1, 0.15) is 0 Å². The van der Waals surface area contributed by atoms with Crippen molar-refractivity contribution in [3.8, 4) is 0 Å². The van der Waals surface area contributed by atoms with Gasteiger partial charge in [0.05, 0.1) is 0 Å². The molecular formula is C24H54NO4P. The Labute approximate surface area is 188 Å². The maximum Gasteiger partial charge on any atom is 0.291 e. The van der Waals surface area contributed by atoms with Crippen molar-refractivity contribution in [3.05, 3.63) is 10.1 Å². The van der Waals surface area contributed by atoms with Crippen molar-refractivity contribution in [1.82, 2.24) is 0 Å². The van der Waals surface area contributed by atoms with Crippen LogP contribution in [0.1, 0.15) is 136 Å². The summed E-state index contributed by atoms with van der Waals surface area (Å²) in [5.74, 6) is 0. The van der Waals surface area contributed by atoms with E-state index in [-0.39, 0.29) is 0 Å². The van der Waals surface area contributed by atoms with E-state index in [9.17, 15) is 4.89 Å². The van der Waals surface area contributed by atoms with Crippen LogP contribution in [0.3, 0.4) is 0 Å².